The van der Waals surface area contributed by atoms with Crippen molar-refractivity contribution in [3.8, 4) is 11.8 Å². The van der Waals surface area contributed by atoms with Gasteiger partial charge in [-0.3, -0.25) is 10.1 Å². The van der Waals surface area contributed by atoms with Gasteiger partial charge in [-0.05, 0) is 31.2 Å². The number of esters is 1. The number of carbonyl (C=O) groups is 1. The Labute approximate surface area is 119 Å². The lowest BCUT2D eigenvalue weighted by Crippen LogP contribution is -2.13. The van der Waals surface area contributed by atoms with E-state index in [1.165, 1.54) is 24.3 Å². The van der Waals surface area contributed by atoms with Crippen LogP contribution >= 0.6 is 0 Å². The van der Waals surface area contributed by atoms with Crippen molar-refractivity contribution in [2.75, 3.05) is 6.61 Å². The van der Waals surface area contributed by atoms with Crippen LogP contribution in [0.25, 0.3) is 5.69 Å². The molecule has 0 unspecified atom stereocenters. The number of hydrogen-bond donors (Lipinski definition) is 0. The highest BCUT2D eigenvalue weighted by molar-refractivity contribution is 5.92. The van der Waals surface area contributed by atoms with E-state index in [0.717, 1.165) is 10.9 Å². The third kappa shape index (κ3) is 2.71. The SMILES string of the molecule is CCOC(=O)c1c([N+](=O)[O-])cnn1-c1ccc(C#N)cc1. The van der Waals surface area contributed by atoms with Gasteiger partial charge in [0.25, 0.3) is 0 Å². The summed E-state index contributed by atoms with van der Waals surface area (Å²) < 4.78 is 5.95. The topological polar surface area (TPSA) is 111 Å². The molecule has 1 heterocycles. The molecule has 0 aliphatic rings. The zero-order valence-electron chi connectivity index (χ0n) is 11.0. The smallest absolute Gasteiger partial charge is 0.364 e. The normalized spacial score (nSPS) is 9.90. The van der Waals surface area contributed by atoms with Gasteiger partial charge < -0.3 is 4.74 Å². The fourth-order valence-corrected chi connectivity index (χ4v) is 1.74. The number of ether oxygens (including phenoxy) is 1. The quantitative estimate of drug-likeness (QED) is 0.481. The van der Waals surface area contributed by atoms with Crippen molar-refractivity contribution in [3.05, 3.63) is 51.8 Å². The van der Waals surface area contributed by atoms with Gasteiger partial charge in [-0.25, -0.2) is 9.48 Å². The van der Waals surface area contributed by atoms with Crippen molar-refractivity contribution in [3.63, 3.8) is 0 Å². The van der Waals surface area contributed by atoms with E-state index >= 15 is 0 Å². The highest BCUT2D eigenvalue weighted by Gasteiger charge is 2.28. The maximum Gasteiger partial charge on any atom is 0.364 e. The number of aromatic nitrogens is 2. The van der Waals surface area contributed by atoms with E-state index in [-0.39, 0.29) is 12.3 Å². The predicted molar refractivity (Wildman–Crippen MR) is 70.9 cm³/mol. The summed E-state index contributed by atoms with van der Waals surface area (Å²) in [4.78, 5) is 22.2. The van der Waals surface area contributed by atoms with E-state index in [4.69, 9.17) is 10.00 Å². The van der Waals surface area contributed by atoms with E-state index in [0.29, 0.717) is 11.3 Å². The van der Waals surface area contributed by atoms with Crippen molar-refractivity contribution in [2.45, 2.75) is 6.92 Å². The molecule has 0 fully saturated rings. The lowest BCUT2D eigenvalue weighted by Gasteiger charge is -2.06. The number of nitro groups is 1. The summed E-state index contributed by atoms with van der Waals surface area (Å²) in [5, 5.41) is 23.6. The minimum absolute atomic E-state index is 0.0918. The van der Waals surface area contributed by atoms with Crippen LogP contribution in [0.15, 0.2) is 30.5 Å². The molecule has 21 heavy (non-hydrogen) atoms. The molecule has 0 radical (unpaired) electrons. The molecule has 0 N–H and O–H groups in total. The van der Waals surface area contributed by atoms with Gasteiger partial charge in [0, 0.05) is 0 Å². The maximum atomic E-state index is 11.9. The number of hydrogen-bond acceptors (Lipinski definition) is 6. The average molecular weight is 286 g/mol. The molecular weight excluding hydrogens is 276 g/mol. The molecule has 1 aromatic heterocycles. The number of carbonyl (C=O) groups excluding carboxylic acids is 1. The van der Waals surface area contributed by atoms with Crippen molar-refractivity contribution in [2.24, 2.45) is 0 Å². The third-order valence-electron chi connectivity index (χ3n) is 2.66. The Bertz CT molecular complexity index is 728. The summed E-state index contributed by atoms with van der Waals surface area (Å²) in [6.07, 6.45) is 0.991. The molecule has 0 aliphatic carbocycles. The third-order valence-corrected chi connectivity index (χ3v) is 2.66. The Morgan fingerprint density at radius 1 is 1.48 bits per heavy atom. The van der Waals surface area contributed by atoms with Gasteiger partial charge in [0.05, 0.1) is 28.9 Å². The molecule has 0 spiro atoms. The largest absolute Gasteiger partial charge is 0.461 e. The lowest BCUT2D eigenvalue weighted by atomic mass is 10.2. The molecule has 0 aliphatic heterocycles. The Kier molecular flexibility index (Phi) is 3.95. The monoisotopic (exact) mass is 286 g/mol. The number of nitrogens with zero attached hydrogens (tertiary/aromatic N) is 4. The summed E-state index contributed by atoms with van der Waals surface area (Å²) in [6, 6.07) is 8.09. The van der Waals surface area contributed by atoms with Crippen LogP contribution in [0.5, 0.6) is 0 Å². The molecular formula is C13H10N4O4. The fraction of sp³-hybridized carbons (Fsp3) is 0.154. The van der Waals surface area contributed by atoms with Gasteiger partial charge in [-0.1, -0.05) is 0 Å². The second kappa shape index (κ2) is 5.83. The van der Waals surface area contributed by atoms with Crippen LogP contribution in [0, 0.1) is 21.4 Å². The van der Waals surface area contributed by atoms with E-state index < -0.39 is 16.6 Å². The minimum Gasteiger partial charge on any atom is -0.461 e. The first kappa shape index (κ1) is 14.2. The van der Waals surface area contributed by atoms with E-state index in [9.17, 15) is 14.9 Å². The van der Waals surface area contributed by atoms with Crippen LogP contribution in [0.1, 0.15) is 23.0 Å². The fourth-order valence-electron chi connectivity index (χ4n) is 1.74. The molecule has 0 saturated carbocycles. The summed E-state index contributed by atoms with van der Waals surface area (Å²) in [5.74, 6) is -0.828. The average Bonchev–Trinajstić information content (AvgIpc) is 2.92. The molecule has 0 atom stereocenters. The first-order valence-corrected chi connectivity index (χ1v) is 5.98. The zero-order chi connectivity index (χ0) is 15.4. The Morgan fingerprint density at radius 3 is 2.67 bits per heavy atom. The molecule has 2 rings (SSSR count). The van der Waals surface area contributed by atoms with Crippen molar-refractivity contribution < 1.29 is 14.5 Å². The van der Waals surface area contributed by atoms with Crippen molar-refractivity contribution in [1.29, 1.82) is 5.26 Å². The number of rotatable bonds is 4. The summed E-state index contributed by atoms with van der Waals surface area (Å²) in [5.41, 5.74) is 0.160. The molecule has 8 heteroatoms. The van der Waals surface area contributed by atoms with Gasteiger partial charge in [0.1, 0.15) is 6.20 Å². The predicted octanol–water partition coefficient (Wildman–Crippen LogP) is 1.83. The molecule has 0 bridgehead atoms. The highest BCUT2D eigenvalue weighted by Crippen LogP contribution is 2.22. The summed E-state index contributed by atoms with van der Waals surface area (Å²) in [7, 11) is 0. The van der Waals surface area contributed by atoms with Crippen LogP contribution in [-0.4, -0.2) is 27.3 Å². The van der Waals surface area contributed by atoms with Crippen molar-refractivity contribution >= 4 is 11.7 Å². The van der Waals surface area contributed by atoms with Gasteiger partial charge in [-0.2, -0.15) is 10.4 Å². The van der Waals surface area contributed by atoms with Crippen LogP contribution in [0.3, 0.4) is 0 Å². The second-order valence-electron chi connectivity index (χ2n) is 3.93. The molecule has 0 amide bonds. The van der Waals surface area contributed by atoms with Gasteiger partial charge in [-0.15, -0.1) is 0 Å². The van der Waals surface area contributed by atoms with Crippen LogP contribution in [0.2, 0.25) is 0 Å². The van der Waals surface area contributed by atoms with Crippen LogP contribution in [-0.2, 0) is 4.74 Å². The van der Waals surface area contributed by atoms with Crippen LogP contribution in [0.4, 0.5) is 5.69 Å². The van der Waals surface area contributed by atoms with E-state index in [1.54, 1.807) is 6.92 Å². The Hall–Kier alpha value is -3.21. The Morgan fingerprint density at radius 2 is 2.14 bits per heavy atom. The zero-order valence-corrected chi connectivity index (χ0v) is 11.0. The number of benzene rings is 1. The van der Waals surface area contributed by atoms with Gasteiger partial charge in [0.2, 0.25) is 5.69 Å². The molecule has 2 aromatic rings. The Balaban J connectivity index is 2.55. The maximum absolute atomic E-state index is 11.9. The van der Waals surface area contributed by atoms with E-state index in [1.807, 2.05) is 6.07 Å². The molecule has 8 nitrogen and oxygen atoms in total. The minimum atomic E-state index is -0.828. The van der Waals surface area contributed by atoms with Crippen LogP contribution < -0.4 is 0 Å². The first-order valence-electron chi connectivity index (χ1n) is 5.98. The van der Waals surface area contributed by atoms with Gasteiger partial charge in [0.15, 0.2) is 0 Å². The first-order chi connectivity index (χ1) is 10.1. The van der Waals surface area contributed by atoms with Gasteiger partial charge >= 0.3 is 11.7 Å². The lowest BCUT2D eigenvalue weighted by molar-refractivity contribution is -0.385. The highest BCUT2D eigenvalue weighted by atomic mass is 16.6. The molecule has 0 saturated heterocycles. The van der Waals surface area contributed by atoms with Crippen molar-refractivity contribution in [1.82, 2.24) is 9.78 Å². The summed E-state index contributed by atoms with van der Waals surface area (Å²) in [6.45, 7) is 1.70. The van der Waals surface area contributed by atoms with E-state index in [2.05, 4.69) is 5.10 Å². The second-order valence-corrected chi connectivity index (χ2v) is 3.93. The number of nitriles is 1. The summed E-state index contributed by atoms with van der Waals surface area (Å²) >= 11 is 0. The molecule has 1 aromatic carbocycles. The molecule has 106 valence electrons. The standard InChI is InChI=1S/C13H10N4O4/c1-2-21-13(18)12-11(17(19)20)8-15-16(12)10-5-3-9(7-14)4-6-10/h3-6,8H,2H2,1H3.